The van der Waals surface area contributed by atoms with Crippen molar-refractivity contribution in [3.63, 3.8) is 0 Å². The van der Waals surface area contributed by atoms with Crippen molar-refractivity contribution in [1.82, 2.24) is 0 Å². The van der Waals surface area contributed by atoms with Gasteiger partial charge in [0, 0.05) is 10.9 Å². The SMILES string of the molecule is CCc1ccc([C@@H]2[C@@H](S(=O)(=O)c3ccc(Cl)cc3)[C@@]2(CO)C(=O)O)cc1. The quantitative estimate of drug-likeness (QED) is 0.786. The van der Waals surface area contributed by atoms with Gasteiger partial charge in [-0.3, -0.25) is 4.79 Å². The van der Waals surface area contributed by atoms with Crippen molar-refractivity contribution in [2.75, 3.05) is 6.61 Å². The molecule has 0 bridgehead atoms. The van der Waals surface area contributed by atoms with Crippen molar-refractivity contribution in [1.29, 1.82) is 0 Å². The van der Waals surface area contributed by atoms with Crippen LogP contribution in [0.4, 0.5) is 0 Å². The molecule has 7 heteroatoms. The molecule has 5 nitrogen and oxygen atoms in total. The van der Waals surface area contributed by atoms with E-state index < -0.39 is 39.0 Å². The van der Waals surface area contributed by atoms with Gasteiger partial charge in [-0.15, -0.1) is 0 Å². The van der Waals surface area contributed by atoms with E-state index in [0.29, 0.717) is 10.6 Å². The number of hydrogen-bond donors (Lipinski definition) is 2. The largest absolute Gasteiger partial charge is 0.481 e. The summed E-state index contributed by atoms with van der Waals surface area (Å²) in [6.07, 6.45) is 0.821. The first kappa shape index (κ1) is 18.9. The Morgan fingerprint density at radius 1 is 1.12 bits per heavy atom. The van der Waals surface area contributed by atoms with E-state index in [1.54, 1.807) is 12.1 Å². The van der Waals surface area contributed by atoms with E-state index in [2.05, 4.69) is 0 Å². The molecule has 2 N–H and O–H groups in total. The third-order valence-electron chi connectivity index (χ3n) is 5.14. The van der Waals surface area contributed by atoms with Gasteiger partial charge in [0.15, 0.2) is 9.84 Å². The maximum Gasteiger partial charge on any atom is 0.314 e. The molecule has 1 aliphatic carbocycles. The van der Waals surface area contributed by atoms with Gasteiger partial charge < -0.3 is 10.2 Å². The highest BCUT2D eigenvalue weighted by molar-refractivity contribution is 7.92. The van der Waals surface area contributed by atoms with Gasteiger partial charge in [-0.2, -0.15) is 0 Å². The molecule has 0 saturated heterocycles. The number of carbonyl (C=O) groups is 1. The smallest absolute Gasteiger partial charge is 0.314 e. The fraction of sp³-hybridized carbons (Fsp3) is 0.316. The van der Waals surface area contributed by atoms with Crippen molar-refractivity contribution in [2.24, 2.45) is 5.41 Å². The van der Waals surface area contributed by atoms with Crippen LogP contribution in [-0.2, 0) is 21.1 Å². The normalized spacial score (nSPS) is 25.0. The molecule has 0 aliphatic heterocycles. The molecule has 3 rings (SSSR count). The van der Waals surface area contributed by atoms with E-state index in [1.807, 2.05) is 19.1 Å². The number of aliphatic hydroxyl groups excluding tert-OH is 1. The summed E-state index contributed by atoms with van der Waals surface area (Å²) in [5.74, 6) is -2.12. The number of carboxylic acids is 1. The highest BCUT2D eigenvalue weighted by Gasteiger charge is 2.75. The summed E-state index contributed by atoms with van der Waals surface area (Å²) in [7, 11) is -3.96. The molecule has 26 heavy (non-hydrogen) atoms. The number of aliphatic hydroxyl groups is 1. The van der Waals surface area contributed by atoms with Crippen LogP contribution in [0.3, 0.4) is 0 Å². The van der Waals surface area contributed by atoms with Crippen molar-refractivity contribution in [2.45, 2.75) is 29.4 Å². The van der Waals surface area contributed by atoms with Gasteiger partial charge in [0.2, 0.25) is 0 Å². The molecular weight excluding hydrogens is 376 g/mol. The Balaban J connectivity index is 2.08. The number of aryl methyl sites for hydroxylation is 1. The number of hydrogen-bond acceptors (Lipinski definition) is 4. The van der Waals surface area contributed by atoms with Crippen molar-refractivity contribution in [3.05, 3.63) is 64.7 Å². The molecule has 2 aromatic rings. The summed E-state index contributed by atoms with van der Waals surface area (Å²) in [6, 6.07) is 12.8. The van der Waals surface area contributed by atoms with E-state index in [9.17, 15) is 23.4 Å². The Labute approximate surface area is 157 Å². The average Bonchev–Trinajstić information content (AvgIpc) is 3.34. The van der Waals surface area contributed by atoms with Crippen LogP contribution in [0.5, 0.6) is 0 Å². The second-order valence-electron chi connectivity index (χ2n) is 6.50. The van der Waals surface area contributed by atoms with Crippen LogP contribution in [0.2, 0.25) is 5.02 Å². The lowest BCUT2D eigenvalue weighted by molar-refractivity contribution is -0.145. The van der Waals surface area contributed by atoms with Gasteiger partial charge in [-0.25, -0.2) is 8.42 Å². The zero-order valence-electron chi connectivity index (χ0n) is 14.1. The lowest BCUT2D eigenvalue weighted by Crippen LogP contribution is -2.27. The van der Waals surface area contributed by atoms with Gasteiger partial charge in [-0.1, -0.05) is 42.8 Å². The standard InChI is InChI=1S/C19H19ClO5S/c1-2-12-3-5-13(6-4-12)16-17(19(16,11-21)18(22)23)26(24,25)15-9-7-14(20)8-10-15/h3-10,16-17,21H,2,11H2,1H3,(H,22,23)/t16-,17-,19+/m1/s1. The van der Waals surface area contributed by atoms with Gasteiger partial charge in [0.05, 0.1) is 16.8 Å². The van der Waals surface area contributed by atoms with E-state index in [4.69, 9.17) is 11.6 Å². The molecule has 0 heterocycles. The Bertz CT molecular complexity index is 921. The third-order valence-corrected chi connectivity index (χ3v) is 7.68. The number of halogens is 1. The van der Waals surface area contributed by atoms with Crippen LogP contribution in [0.25, 0.3) is 0 Å². The highest BCUT2D eigenvalue weighted by atomic mass is 35.5. The van der Waals surface area contributed by atoms with Crippen molar-refractivity contribution in [3.8, 4) is 0 Å². The maximum atomic E-state index is 13.1. The van der Waals surface area contributed by atoms with Crippen LogP contribution in [0.15, 0.2) is 53.4 Å². The van der Waals surface area contributed by atoms with E-state index in [-0.39, 0.29) is 4.90 Å². The maximum absolute atomic E-state index is 13.1. The summed E-state index contributed by atoms with van der Waals surface area (Å²) in [5, 5.41) is 18.7. The Kier molecular flexibility index (Phi) is 4.86. The molecular formula is C19H19ClO5S. The summed E-state index contributed by atoms with van der Waals surface area (Å²) in [4.78, 5) is 11.9. The summed E-state index contributed by atoms with van der Waals surface area (Å²) in [5.41, 5.74) is -0.0794. The molecule has 0 radical (unpaired) electrons. The van der Waals surface area contributed by atoms with Gasteiger partial charge >= 0.3 is 5.97 Å². The number of carboxylic acid groups (broad SMARTS) is 1. The minimum atomic E-state index is -3.96. The molecule has 138 valence electrons. The van der Waals surface area contributed by atoms with Crippen LogP contribution in [-0.4, -0.2) is 36.5 Å². The zero-order valence-corrected chi connectivity index (χ0v) is 15.7. The molecule has 0 spiro atoms. The zero-order chi connectivity index (χ0) is 19.1. The number of rotatable bonds is 6. The highest BCUT2D eigenvalue weighted by Crippen LogP contribution is 2.64. The second-order valence-corrected chi connectivity index (χ2v) is 9.00. The molecule has 0 amide bonds. The van der Waals surface area contributed by atoms with E-state index in [0.717, 1.165) is 12.0 Å². The second kappa shape index (κ2) is 6.68. The Morgan fingerprint density at radius 3 is 2.15 bits per heavy atom. The monoisotopic (exact) mass is 394 g/mol. The molecule has 1 saturated carbocycles. The summed E-state index contributed by atoms with van der Waals surface area (Å²) in [6.45, 7) is 1.25. The topological polar surface area (TPSA) is 91.7 Å². The Hall–Kier alpha value is -1.89. The van der Waals surface area contributed by atoms with Crippen molar-refractivity contribution >= 4 is 27.4 Å². The number of sulfone groups is 1. The first-order valence-corrected chi connectivity index (χ1v) is 10.1. The van der Waals surface area contributed by atoms with Crippen LogP contribution in [0, 0.1) is 5.41 Å². The number of aliphatic carboxylic acids is 1. The van der Waals surface area contributed by atoms with Crippen LogP contribution in [0.1, 0.15) is 24.0 Å². The van der Waals surface area contributed by atoms with Crippen molar-refractivity contribution < 1.29 is 23.4 Å². The van der Waals surface area contributed by atoms with Crippen LogP contribution >= 0.6 is 11.6 Å². The summed E-state index contributed by atoms with van der Waals surface area (Å²) >= 11 is 5.81. The lowest BCUT2D eigenvalue weighted by atomic mass is 9.99. The molecule has 0 aromatic heterocycles. The minimum absolute atomic E-state index is 0.00125. The molecule has 2 aromatic carbocycles. The average molecular weight is 395 g/mol. The first-order chi connectivity index (χ1) is 12.3. The number of benzene rings is 2. The lowest BCUT2D eigenvalue weighted by Gasteiger charge is -2.09. The third kappa shape index (κ3) is 2.82. The predicted molar refractivity (Wildman–Crippen MR) is 98.1 cm³/mol. The molecule has 1 fully saturated rings. The molecule has 0 unspecified atom stereocenters. The fourth-order valence-electron chi connectivity index (χ4n) is 3.58. The van der Waals surface area contributed by atoms with Crippen LogP contribution < -0.4 is 0 Å². The fourth-order valence-corrected chi connectivity index (χ4v) is 6.07. The first-order valence-electron chi connectivity index (χ1n) is 8.21. The minimum Gasteiger partial charge on any atom is -0.481 e. The molecule has 3 atom stereocenters. The van der Waals surface area contributed by atoms with Gasteiger partial charge in [0.1, 0.15) is 5.41 Å². The predicted octanol–water partition coefficient (Wildman–Crippen LogP) is 2.91. The Morgan fingerprint density at radius 2 is 1.69 bits per heavy atom. The van der Waals surface area contributed by atoms with E-state index in [1.165, 1.54) is 24.3 Å². The molecule has 1 aliphatic rings. The van der Waals surface area contributed by atoms with Gasteiger partial charge in [-0.05, 0) is 41.8 Å². The van der Waals surface area contributed by atoms with Gasteiger partial charge in [0.25, 0.3) is 0 Å². The summed E-state index contributed by atoms with van der Waals surface area (Å²) < 4.78 is 26.1. The van der Waals surface area contributed by atoms with E-state index >= 15 is 0 Å².